The number of fused-ring (bicyclic) bond motifs is 1. The number of carbonyl (C=O) groups is 2. The van der Waals surface area contributed by atoms with Crippen LogP contribution in [0.25, 0.3) is 11.6 Å². The van der Waals surface area contributed by atoms with Gasteiger partial charge in [0.05, 0.1) is 5.57 Å². The molecule has 160 valence electrons. The van der Waals surface area contributed by atoms with Gasteiger partial charge in [0.1, 0.15) is 0 Å². The third-order valence-electron chi connectivity index (χ3n) is 5.69. The molecule has 1 aliphatic rings. The Morgan fingerprint density at radius 3 is 2.67 bits per heavy atom. The first-order valence-electron chi connectivity index (χ1n) is 10.6. The van der Waals surface area contributed by atoms with Crippen molar-refractivity contribution in [2.45, 2.75) is 46.0 Å². The topological polar surface area (TPSA) is 86.0 Å². The van der Waals surface area contributed by atoms with Crippen molar-refractivity contribution in [2.75, 3.05) is 25.5 Å². The summed E-state index contributed by atoms with van der Waals surface area (Å²) in [7, 11) is 1.93. The lowest BCUT2D eigenvalue weighted by Crippen LogP contribution is -2.26. The lowest BCUT2D eigenvalue weighted by atomic mass is 9.93. The van der Waals surface area contributed by atoms with Crippen molar-refractivity contribution in [1.29, 1.82) is 0 Å². The zero-order valence-electron chi connectivity index (χ0n) is 18.3. The van der Waals surface area contributed by atoms with E-state index in [9.17, 15) is 9.59 Å². The van der Waals surface area contributed by atoms with E-state index >= 15 is 0 Å². The van der Waals surface area contributed by atoms with Crippen LogP contribution in [0.2, 0.25) is 0 Å². The number of hydrogen-bond acceptors (Lipinski definition) is 3. The van der Waals surface area contributed by atoms with E-state index < -0.39 is 0 Å². The fraction of sp³-hybridized carbons (Fsp3) is 0.417. The number of hydrogen-bond donors (Lipinski definition) is 4. The Bertz CT molecular complexity index is 958. The van der Waals surface area contributed by atoms with Crippen LogP contribution in [0, 0.1) is 13.8 Å². The summed E-state index contributed by atoms with van der Waals surface area (Å²) < 4.78 is 0. The van der Waals surface area contributed by atoms with Crippen LogP contribution in [0.15, 0.2) is 24.3 Å². The molecular weight excluding hydrogens is 376 g/mol. The highest BCUT2D eigenvalue weighted by Crippen LogP contribution is 2.35. The van der Waals surface area contributed by atoms with Crippen LogP contribution in [0.5, 0.6) is 0 Å². The first kappa shape index (κ1) is 21.8. The Morgan fingerprint density at radius 2 is 1.90 bits per heavy atom. The third-order valence-corrected chi connectivity index (χ3v) is 5.69. The maximum Gasteiger partial charge on any atom is 0.256 e. The molecule has 6 heteroatoms. The Labute approximate surface area is 178 Å². The zero-order valence-corrected chi connectivity index (χ0v) is 18.3. The molecule has 0 spiro atoms. The van der Waals surface area contributed by atoms with E-state index in [1.165, 1.54) is 0 Å². The summed E-state index contributed by atoms with van der Waals surface area (Å²) in [5, 5.41) is 9.05. The molecule has 0 saturated heterocycles. The SMILES string of the molecule is CNCCCCNC(=O)CC(C)c1c(C)[nH]c(C=C2C(=O)Nc3ccccc32)c1C. The lowest BCUT2D eigenvalue weighted by Gasteiger charge is -2.13. The zero-order chi connectivity index (χ0) is 21.7. The Hall–Kier alpha value is -2.86. The van der Waals surface area contributed by atoms with Gasteiger partial charge in [-0.2, -0.15) is 0 Å². The minimum Gasteiger partial charge on any atom is -0.359 e. The van der Waals surface area contributed by atoms with Crippen LogP contribution >= 0.6 is 0 Å². The number of aryl methyl sites for hydroxylation is 1. The molecule has 1 aliphatic heterocycles. The molecule has 0 bridgehead atoms. The molecule has 1 unspecified atom stereocenters. The van der Waals surface area contributed by atoms with Gasteiger partial charge in [-0.25, -0.2) is 0 Å². The average molecular weight is 409 g/mol. The number of aromatic amines is 1. The smallest absolute Gasteiger partial charge is 0.256 e. The van der Waals surface area contributed by atoms with Crippen molar-refractivity contribution in [3.8, 4) is 0 Å². The van der Waals surface area contributed by atoms with Crippen molar-refractivity contribution in [3.63, 3.8) is 0 Å². The van der Waals surface area contributed by atoms with E-state index in [4.69, 9.17) is 0 Å². The summed E-state index contributed by atoms with van der Waals surface area (Å²) in [6.07, 6.45) is 4.40. The Balaban J connectivity index is 1.71. The molecule has 0 fully saturated rings. The number of rotatable bonds is 9. The molecule has 1 aromatic carbocycles. The summed E-state index contributed by atoms with van der Waals surface area (Å²) in [5.41, 5.74) is 6.62. The van der Waals surface area contributed by atoms with Crippen molar-refractivity contribution < 1.29 is 9.59 Å². The van der Waals surface area contributed by atoms with Crippen LogP contribution in [-0.2, 0) is 9.59 Å². The first-order valence-corrected chi connectivity index (χ1v) is 10.6. The number of para-hydroxylation sites is 1. The predicted octanol–water partition coefficient (Wildman–Crippen LogP) is 3.73. The van der Waals surface area contributed by atoms with Crippen molar-refractivity contribution >= 4 is 29.2 Å². The molecule has 0 saturated carbocycles. The predicted molar refractivity (Wildman–Crippen MR) is 122 cm³/mol. The van der Waals surface area contributed by atoms with Gasteiger partial charge in [0.2, 0.25) is 5.91 Å². The van der Waals surface area contributed by atoms with Crippen molar-refractivity contribution in [2.24, 2.45) is 0 Å². The Kier molecular flexibility index (Phi) is 7.11. The number of unbranched alkanes of at least 4 members (excludes halogenated alkanes) is 1. The molecule has 3 rings (SSSR count). The lowest BCUT2D eigenvalue weighted by molar-refractivity contribution is -0.121. The van der Waals surface area contributed by atoms with Gasteiger partial charge in [-0.1, -0.05) is 25.1 Å². The van der Waals surface area contributed by atoms with Gasteiger partial charge in [0.25, 0.3) is 5.91 Å². The van der Waals surface area contributed by atoms with Gasteiger partial charge in [-0.15, -0.1) is 0 Å². The van der Waals surface area contributed by atoms with E-state index in [0.717, 1.165) is 53.2 Å². The number of H-pyrrole nitrogens is 1. The summed E-state index contributed by atoms with van der Waals surface area (Å²) in [4.78, 5) is 28.2. The van der Waals surface area contributed by atoms with Crippen molar-refractivity contribution in [1.82, 2.24) is 15.6 Å². The number of benzene rings is 1. The largest absolute Gasteiger partial charge is 0.359 e. The average Bonchev–Trinajstić information content (AvgIpc) is 3.17. The van der Waals surface area contributed by atoms with Crippen LogP contribution in [0.4, 0.5) is 5.69 Å². The van der Waals surface area contributed by atoms with Crippen LogP contribution < -0.4 is 16.0 Å². The fourth-order valence-corrected chi connectivity index (χ4v) is 4.21. The highest BCUT2D eigenvalue weighted by Gasteiger charge is 2.25. The molecular formula is C24H32N4O2. The molecule has 2 amide bonds. The van der Waals surface area contributed by atoms with E-state index in [2.05, 4.69) is 34.8 Å². The molecule has 2 heterocycles. The third kappa shape index (κ3) is 4.82. The molecule has 0 aliphatic carbocycles. The number of nitrogens with one attached hydrogen (secondary N) is 4. The standard InChI is InChI=1S/C24H32N4O2/c1-15(13-22(29)26-12-8-7-11-25-4)23-16(2)21(27-17(23)3)14-19-18-9-5-6-10-20(18)28-24(19)30/h5-6,9-10,14-15,25,27H,7-8,11-13H2,1-4H3,(H,26,29)(H,28,30). The van der Waals surface area contributed by atoms with E-state index in [-0.39, 0.29) is 17.7 Å². The number of amides is 2. The highest BCUT2D eigenvalue weighted by molar-refractivity contribution is 6.34. The van der Waals surface area contributed by atoms with Gasteiger partial charge in [0.15, 0.2) is 0 Å². The van der Waals surface area contributed by atoms with E-state index in [1.54, 1.807) is 0 Å². The molecule has 4 N–H and O–H groups in total. The van der Waals surface area contributed by atoms with Crippen molar-refractivity contribution in [3.05, 3.63) is 52.3 Å². The van der Waals surface area contributed by atoms with E-state index in [1.807, 2.05) is 44.3 Å². The molecule has 2 aromatic rings. The minimum absolute atomic E-state index is 0.0796. The fourth-order valence-electron chi connectivity index (χ4n) is 4.21. The summed E-state index contributed by atoms with van der Waals surface area (Å²) in [6.45, 7) is 7.84. The monoisotopic (exact) mass is 408 g/mol. The molecule has 6 nitrogen and oxygen atoms in total. The van der Waals surface area contributed by atoms with Crippen LogP contribution in [0.1, 0.15) is 60.2 Å². The normalized spacial score (nSPS) is 15.2. The van der Waals surface area contributed by atoms with Crippen LogP contribution in [-0.4, -0.2) is 36.9 Å². The quantitative estimate of drug-likeness (QED) is 0.377. The summed E-state index contributed by atoms with van der Waals surface area (Å²) >= 11 is 0. The molecule has 1 atom stereocenters. The van der Waals surface area contributed by atoms with Gasteiger partial charge in [-0.05, 0) is 69.5 Å². The first-order chi connectivity index (χ1) is 14.4. The van der Waals surface area contributed by atoms with Crippen LogP contribution in [0.3, 0.4) is 0 Å². The van der Waals surface area contributed by atoms with Gasteiger partial charge >= 0.3 is 0 Å². The second-order valence-corrected chi connectivity index (χ2v) is 8.03. The second kappa shape index (κ2) is 9.76. The molecule has 30 heavy (non-hydrogen) atoms. The maximum absolute atomic E-state index is 12.4. The number of anilines is 1. The van der Waals surface area contributed by atoms with Gasteiger partial charge < -0.3 is 20.9 Å². The second-order valence-electron chi connectivity index (χ2n) is 8.03. The minimum atomic E-state index is -0.0879. The van der Waals surface area contributed by atoms with Gasteiger partial charge in [-0.3, -0.25) is 9.59 Å². The van der Waals surface area contributed by atoms with Gasteiger partial charge in [0, 0.05) is 35.6 Å². The highest BCUT2D eigenvalue weighted by atomic mass is 16.2. The number of aromatic nitrogens is 1. The number of carbonyl (C=O) groups excluding carboxylic acids is 2. The summed E-state index contributed by atoms with van der Waals surface area (Å²) in [6, 6.07) is 7.71. The molecule has 1 aromatic heterocycles. The Morgan fingerprint density at radius 1 is 1.17 bits per heavy atom. The summed E-state index contributed by atoms with van der Waals surface area (Å²) in [5.74, 6) is 0.0847. The van der Waals surface area contributed by atoms with E-state index in [0.29, 0.717) is 18.5 Å². The molecule has 0 radical (unpaired) electrons. The maximum atomic E-state index is 12.4.